The van der Waals surface area contributed by atoms with E-state index in [4.69, 9.17) is 0 Å². The van der Waals surface area contributed by atoms with Gasteiger partial charge in [-0.15, -0.1) is 0 Å². The molecule has 0 bridgehead atoms. The van der Waals surface area contributed by atoms with E-state index in [0.717, 1.165) is 11.3 Å². The summed E-state index contributed by atoms with van der Waals surface area (Å²) in [6, 6.07) is 15.3. The number of nitrogens with zero attached hydrogens (tertiary/aromatic N) is 5. The lowest BCUT2D eigenvalue weighted by Crippen LogP contribution is -2.03. The van der Waals surface area contributed by atoms with Crippen LogP contribution < -0.4 is 0 Å². The molecule has 2 aromatic heterocycles. The van der Waals surface area contributed by atoms with Crippen molar-refractivity contribution < 1.29 is 10.0 Å². The molecule has 0 saturated heterocycles. The number of aromatic nitrogens is 4. The molecule has 2 aromatic carbocycles. The van der Waals surface area contributed by atoms with Crippen LogP contribution >= 0.6 is 0 Å². The topological polar surface area (TPSA) is 99.0 Å². The van der Waals surface area contributed by atoms with Gasteiger partial charge in [-0.3, -0.25) is 0 Å². The molecule has 0 spiro atoms. The summed E-state index contributed by atoms with van der Waals surface area (Å²) in [6.45, 7) is 3.96. The molecule has 4 aromatic rings. The lowest BCUT2D eigenvalue weighted by molar-refractivity contribution is -0.395. The zero-order chi connectivity index (χ0) is 21.3. The predicted octanol–water partition coefficient (Wildman–Crippen LogP) is 3.86. The molecule has 152 valence electrons. The summed E-state index contributed by atoms with van der Waals surface area (Å²) in [5.41, 5.74) is 4.68. The number of aliphatic hydroxyl groups excluding tert-OH is 1. The van der Waals surface area contributed by atoms with Gasteiger partial charge < -0.3 is 19.8 Å². The molecule has 0 amide bonds. The van der Waals surface area contributed by atoms with Crippen molar-refractivity contribution in [3.8, 4) is 11.4 Å². The Morgan fingerprint density at radius 2 is 1.60 bits per heavy atom. The first kappa shape index (κ1) is 19.5. The van der Waals surface area contributed by atoms with Gasteiger partial charge in [-0.25, -0.2) is 4.98 Å². The Bertz CT molecular complexity index is 1180. The zero-order valence-electron chi connectivity index (χ0n) is 16.6. The lowest BCUT2D eigenvalue weighted by Gasteiger charge is -2.03. The first-order valence-electron chi connectivity index (χ1n) is 9.49. The van der Waals surface area contributed by atoms with Gasteiger partial charge in [-0.2, -0.15) is 4.57 Å². The van der Waals surface area contributed by atoms with Crippen LogP contribution in [0.15, 0.2) is 67.3 Å². The third kappa shape index (κ3) is 3.99. The van der Waals surface area contributed by atoms with E-state index >= 15 is 0 Å². The van der Waals surface area contributed by atoms with Crippen LogP contribution in [0.1, 0.15) is 28.6 Å². The minimum Gasteiger partial charge on any atom is -0.390 e. The van der Waals surface area contributed by atoms with E-state index in [9.17, 15) is 15.2 Å². The second-order valence-electron chi connectivity index (χ2n) is 7.26. The van der Waals surface area contributed by atoms with Crippen molar-refractivity contribution in [2.24, 2.45) is 0 Å². The molecule has 0 aliphatic rings. The maximum atomic E-state index is 11.5. The molecule has 0 aliphatic carbocycles. The first-order valence-corrected chi connectivity index (χ1v) is 9.49. The van der Waals surface area contributed by atoms with Crippen LogP contribution in [0.4, 0.5) is 5.95 Å². The largest absolute Gasteiger partial charge is 0.439 e. The Hall–Kier alpha value is -3.78. The highest BCUT2D eigenvalue weighted by atomic mass is 16.6. The van der Waals surface area contributed by atoms with E-state index in [1.807, 2.05) is 61.0 Å². The predicted molar refractivity (Wildman–Crippen MR) is 112 cm³/mol. The van der Waals surface area contributed by atoms with Crippen molar-refractivity contribution in [1.29, 1.82) is 0 Å². The Balaban J connectivity index is 1.57. The van der Waals surface area contributed by atoms with Crippen molar-refractivity contribution in [1.82, 2.24) is 19.1 Å². The van der Waals surface area contributed by atoms with E-state index in [-0.39, 0.29) is 18.1 Å². The highest BCUT2D eigenvalue weighted by molar-refractivity contribution is 5.40. The summed E-state index contributed by atoms with van der Waals surface area (Å²) in [4.78, 5) is 19.3. The molecular weight excluding hydrogens is 382 g/mol. The second-order valence-corrected chi connectivity index (χ2v) is 7.26. The minimum atomic E-state index is -1.02. The average molecular weight is 403 g/mol. The van der Waals surface area contributed by atoms with Crippen molar-refractivity contribution in [3.63, 3.8) is 0 Å². The van der Waals surface area contributed by atoms with Gasteiger partial charge in [0, 0.05) is 18.3 Å². The number of hydrogen-bond acceptors (Lipinski definition) is 5. The maximum Gasteiger partial charge on any atom is 0.439 e. The van der Waals surface area contributed by atoms with Gasteiger partial charge in [0.1, 0.15) is 18.0 Å². The van der Waals surface area contributed by atoms with Gasteiger partial charge in [0.15, 0.2) is 5.69 Å². The summed E-state index contributed by atoms with van der Waals surface area (Å²) in [7, 11) is 0. The number of benzene rings is 2. The Morgan fingerprint density at radius 1 is 1.00 bits per heavy atom. The lowest BCUT2D eigenvalue weighted by atomic mass is 10.1. The minimum absolute atomic E-state index is 0.195. The van der Waals surface area contributed by atoms with Gasteiger partial charge in [-0.1, -0.05) is 40.4 Å². The Labute approximate surface area is 173 Å². The number of aliphatic hydroxyl groups is 1. The molecular formula is C22H21N5O3. The molecule has 0 saturated carbocycles. The monoisotopic (exact) mass is 403 g/mol. The van der Waals surface area contributed by atoms with Gasteiger partial charge in [0.05, 0.1) is 12.0 Å². The van der Waals surface area contributed by atoms with E-state index in [1.54, 1.807) is 18.5 Å². The van der Waals surface area contributed by atoms with E-state index in [0.29, 0.717) is 11.4 Å². The van der Waals surface area contributed by atoms with Crippen molar-refractivity contribution in [3.05, 3.63) is 99.9 Å². The third-order valence-corrected chi connectivity index (χ3v) is 4.89. The summed E-state index contributed by atoms with van der Waals surface area (Å²) < 4.78 is 3.25. The molecule has 30 heavy (non-hydrogen) atoms. The highest BCUT2D eigenvalue weighted by Crippen LogP contribution is 2.24. The van der Waals surface area contributed by atoms with Crippen LogP contribution in [-0.2, 0) is 6.42 Å². The fourth-order valence-corrected chi connectivity index (χ4v) is 3.20. The maximum absolute atomic E-state index is 11.5. The summed E-state index contributed by atoms with van der Waals surface area (Å²) in [5.74, 6) is -0.335. The molecule has 1 atom stereocenters. The van der Waals surface area contributed by atoms with Crippen LogP contribution in [-0.4, -0.2) is 29.1 Å². The van der Waals surface area contributed by atoms with Gasteiger partial charge in [-0.05, 0) is 43.0 Å². The number of aryl methyl sites for hydroxylation is 2. The van der Waals surface area contributed by atoms with E-state index in [2.05, 4.69) is 9.97 Å². The summed E-state index contributed by atoms with van der Waals surface area (Å²) in [6.07, 6.45) is 4.20. The van der Waals surface area contributed by atoms with Crippen LogP contribution in [0.25, 0.3) is 11.4 Å². The Kier molecular flexibility index (Phi) is 5.16. The fourth-order valence-electron chi connectivity index (χ4n) is 3.20. The second kappa shape index (κ2) is 7.92. The smallest absolute Gasteiger partial charge is 0.390 e. The molecule has 0 fully saturated rings. The van der Waals surface area contributed by atoms with E-state index < -0.39 is 11.0 Å². The van der Waals surface area contributed by atoms with Crippen LogP contribution in [0.2, 0.25) is 0 Å². The standard InChI is InChI=1S/C22H21N5O3/c1-15-3-7-18(8-4-15)25-12-17(23-14-25)11-21(28)20-13-26(22(24-20)27(29)30)19-9-5-16(2)6-10-19/h3-10,12-14,21,28H,11H2,1-2H3. The van der Waals surface area contributed by atoms with Gasteiger partial charge in [0.2, 0.25) is 0 Å². The molecule has 1 unspecified atom stereocenters. The average Bonchev–Trinajstić information content (AvgIpc) is 3.37. The molecule has 2 heterocycles. The number of rotatable bonds is 6. The number of imidazole rings is 2. The number of nitro groups is 1. The quantitative estimate of drug-likeness (QED) is 0.389. The molecule has 8 nitrogen and oxygen atoms in total. The van der Waals surface area contributed by atoms with Gasteiger partial charge >= 0.3 is 5.95 Å². The highest BCUT2D eigenvalue weighted by Gasteiger charge is 2.26. The molecule has 1 N–H and O–H groups in total. The van der Waals surface area contributed by atoms with Crippen LogP contribution in [0.3, 0.4) is 0 Å². The first-order chi connectivity index (χ1) is 14.4. The third-order valence-electron chi connectivity index (χ3n) is 4.89. The Morgan fingerprint density at radius 3 is 2.20 bits per heavy atom. The molecule has 8 heteroatoms. The normalized spacial score (nSPS) is 12.1. The van der Waals surface area contributed by atoms with E-state index in [1.165, 1.54) is 16.3 Å². The zero-order valence-corrected chi connectivity index (χ0v) is 16.6. The summed E-state index contributed by atoms with van der Waals surface area (Å²) >= 11 is 0. The SMILES string of the molecule is Cc1ccc(-n2cnc(CC(O)c3cn(-c4ccc(C)cc4)c([N+](=O)[O-])n3)c2)cc1. The van der Waals surface area contributed by atoms with Crippen molar-refractivity contribution >= 4 is 5.95 Å². The molecule has 0 radical (unpaired) electrons. The molecule has 4 rings (SSSR count). The molecule has 0 aliphatic heterocycles. The van der Waals surface area contributed by atoms with Crippen molar-refractivity contribution in [2.45, 2.75) is 26.4 Å². The van der Waals surface area contributed by atoms with Crippen LogP contribution in [0, 0.1) is 24.0 Å². The summed E-state index contributed by atoms with van der Waals surface area (Å²) in [5, 5.41) is 22.1. The van der Waals surface area contributed by atoms with Gasteiger partial charge in [0.25, 0.3) is 0 Å². The van der Waals surface area contributed by atoms with Crippen molar-refractivity contribution in [2.75, 3.05) is 0 Å². The fraction of sp³-hybridized carbons (Fsp3) is 0.182. The van der Waals surface area contributed by atoms with Crippen LogP contribution in [0.5, 0.6) is 0 Å². The number of hydrogen-bond donors (Lipinski definition) is 1.